The molecular weight excluding hydrogens is 503 g/mol. The van der Waals surface area contributed by atoms with Gasteiger partial charge in [0.05, 0.1) is 12.9 Å². The number of carbonyl (C=O) groups is 1. The molecular formula is C23H17Cl3N4O2S. The molecule has 168 valence electrons. The molecule has 6 nitrogen and oxygen atoms in total. The minimum Gasteiger partial charge on any atom is -0.497 e. The van der Waals surface area contributed by atoms with Gasteiger partial charge in [-0.1, -0.05) is 46.6 Å². The Balaban J connectivity index is 1.60. The highest BCUT2D eigenvalue weighted by Gasteiger charge is 2.18. The van der Waals surface area contributed by atoms with Crippen LogP contribution in [0.2, 0.25) is 15.1 Å². The fraction of sp³-hybridized carbons (Fsp3) is 0.0870. The average molecular weight is 520 g/mol. The second-order valence-electron chi connectivity index (χ2n) is 6.84. The number of halogens is 3. The van der Waals surface area contributed by atoms with Crippen LogP contribution < -0.4 is 10.1 Å². The Labute approximate surface area is 209 Å². The van der Waals surface area contributed by atoms with Gasteiger partial charge in [0.1, 0.15) is 5.75 Å². The maximum atomic E-state index is 12.5. The Morgan fingerprint density at radius 1 is 0.939 bits per heavy atom. The van der Waals surface area contributed by atoms with Gasteiger partial charge in [0.2, 0.25) is 5.91 Å². The molecule has 4 rings (SSSR count). The molecule has 0 saturated heterocycles. The summed E-state index contributed by atoms with van der Waals surface area (Å²) >= 11 is 19.3. The molecule has 3 aromatic carbocycles. The quantitative estimate of drug-likeness (QED) is 0.277. The number of nitrogens with zero attached hydrogens (tertiary/aromatic N) is 3. The number of hydrogen-bond acceptors (Lipinski definition) is 5. The third-order valence-corrected chi connectivity index (χ3v) is 6.16. The Kier molecular flexibility index (Phi) is 7.45. The number of benzene rings is 3. The van der Waals surface area contributed by atoms with E-state index >= 15 is 0 Å². The first-order chi connectivity index (χ1) is 15.9. The van der Waals surface area contributed by atoms with Crippen LogP contribution in [0.5, 0.6) is 5.75 Å². The summed E-state index contributed by atoms with van der Waals surface area (Å²) in [5.41, 5.74) is 2.19. The van der Waals surface area contributed by atoms with Crippen molar-refractivity contribution in [3.8, 4) is 22.8 Å². The molecule has 0 spiro atoms. The zero-order valence-corrected chi connectivity index (χ0v) is 20.3. The van der Waals surface area contributed by atoms with E-state index in [0.717, 1.165) is 17.0 Å². The van der Waals surface area contributed by atoms with E-state index in [0.29, 0.717) is 31.7 Å². The highest BCUT2D eigenvalue weighted by molar-refractivity contribution is 7.99. The van der Waals surface area contributed by atoms with Crippen molar-refractivity contribution in [2.75, 3.05) is 18.2 Å². The van der Waals surface area contributed by atoms with E-state index in [2.05, 4.69) is 15.5 Å². The minimum absolute atomic E-state index is 0.110. The fourth-order valence-electron chi connectivity index (χ4n) is 3.07. The van der Waals surface area contributed by atoms with Crippen molar-refractivity contribution in [3.05, 3.63) is 81.8 Å². The first-order valence-corrected chi connectivity index (χ1v) is 11.8. The maximum absolute atomic E-state index is 12.5. The smallest absolute Gasteiger partial charge is 0.234 e. The molecule has 0 aliphatic carbocycles. The van der Waals surface area contributed by atoms with Gasteiger partial charge in [-0.2, -0.15) is 0 Å². The number of anilines is 1. The van der Waals surface area contributed by atoms with Gasteiger partial charge < -0.3 is 10.1 Å². The molecule has 10 heteroatoms. The molecule has 4 aromatic rings. The number of nitrogens with one attached hydrogen (secondary N) is 1. The molecule has 33 heavy (non-hydrogen) atoms. The van der Waals surface area contributed by atoms with Gasteiger partial charge in [-0.15, -0.1) is 10.2 Å². The van der Waals surface area contributed by atoms with Crippen molar-refractivity contribution in [1.82, 2.24) is 14.8 Å². The molecule has 0 bridgehead atoms. The van der Waals surface area contributed by atoms with E-state index in [9.17, 15) is 4.79 Å². The standard InChI is InChI=1S/C23H17Cl3N4O2S/c1-32-20-8-6-19(7-9-20)30-22(14-2-4-15(24)5-3-14)28-29-23(30)33-13-21(31)27-18-11-16(25)10-17(26)12-18/h2-12H,13H2,1H3,(H,27,31). The number of thioether (sulfide) groups is 1. The van der Waals surface area contributed by atoms with E-state index in [1.54, 1.807) is 37.4 Å². The van der Waals surface area contributed by atoms with Crippen molar-refractivity contribution < 1.29 is 9.53 Å². The predicted octanol–water partition coefficient (Wildman–Crippen LogP) is 6.63. The van der Waals surface area contributed by atoms with Crippen LogP contribution >= 0.6 is 46.6 Å². The third kappa shape index (κ3) is 5.81. The molecule has 0 saturated carbocycles. The summed E-state index contributed by atoms with van der Waals surface area (Å²) in [6.07, 6.45) is 0. The van der Waals surface area contributed by atoms with Gasteiger partial charge in [0, 0.05) is 32.0 Å². The van der Waals surface area contributed by atoms with Crippen molar-refractivity contribution in [2.45, 2.75) is 5.16 Å². The molecule has 0 aliphatic rings. The van der Waals surface area contributed by atoms with Crippen molar-refractivity contribution in [2.24, 2.45) is 0 Å². The van der Waals surface area contributed by atoms with E-state index < -0.39 is 0 Å². The Hall–Kier alpha value is -2.71. The number of rotatable bonds is 7. The average Bonchev–Trinajstić information content (AvgIpc) is 3.21. The van der Waals surface area contributed by atoms with Crippen LogP contribution in [0.3, 0.4) is 0 Å². The van der Waals surface area contributed by atoms with Gasteiger partial charge in [-0.05, 0) is 66.7 Å². The summed E-state index contributed by atoms with van der Waals surface area (Å²) in [5, 5.41) is 13.6. The summed E-state index contributed by atoms with van der Waals surface area (Å²) in [6.45, 7) is 0. The first-order valence-electron chi connectivity index (χ1n) is 9.67. The van der Waals surface area contributed by atoms with Crippen molar-refractivity contribution >= 4 is 58.2 Å². The molecule has 0 atom stereocenters. The van der Waals surface area contributed by atoms with Gasteiger partial charge in [-0.3, -0.25) is 9.36 Å². The minimum atomic E-state index is -0.226. The molecule has 0 fully saturated rings. The predicted molar refractivity (Wildman–Crippen MR) is 134 cm³/mol. The first kappa shape index (κ1) is 23.4. The summed E-state index contributed by atoms with van der Waals surface area (Å²) in [4.78, 5) is 12.5. The molecule has 1 N–H and O–H groups in total. The number of carbonyl (C=O) groups excluding carboxylic acids is 1. The lowest BCUT2D eigenvalue weighted by molar-refractivity contribution is -0.113. The summed E-state index contributed by atoms with van der Waals surface area (Å²) in [7, 11) is 1.61. The summed E-state index contributed by atoms with van der Waals surface area (Å²) in [6, 6.07) is 19.7. The molecule has 0 radical (unpaired) electrons. The number of ether oxygens (including phenoxy) is 1. The second kappa shape index (κ2) is 10.5. The van der Waals surface area contributed by atoms with Crippen LogP contribution in [-0.2, 0) is 4.79 Å². The second-order valence-corrected chi connectivity index (χ2v) is 9.09. The molecule has 0 aliphatic heterocycles. The summed E-state index contributed by atoms with van der Waals surface area (Å²) in [5.74, 6) is 1.24. The van der Waals surface area contributed by atoms with Crippen molar-refractivity contribution in [3.63, 3.8) is 0 Å². The summed E-state index contributed by atoms with van der Waals surface area (Å²) < 4.78 is 7.15. The third-order valence-electron chi connectivity index (χ3n) is 4.55. The Morgan fingerprint density at radius 3 is 2.24 bits per heavy atom. The maximum Gasteiger partial charge on any atom is 0.234 e. The van der Waals surface area contributed by atoms with Gasteiger partial charge >= 0.3 is 0 Å². The van der Waals surface area contributed by atoms with E-state index in [1.807, 2.05) is 41.0 Å². The van der Waals surface area contributed by atoms with Crippen LogP contribution in [0.4, 0.5) is 5.69 Å². The lowest BCUT2D eigenvalue weighted by Crippen LogP contribution is -2.14. The monoisotopic (exact) mass is 518 g/mol. The lowest BCUT2D eigenvalue weighted by atomic mass is 10.2. The Morgan fingerprint density at radius 2 is 1.61 bits per heavy atom. The molecule has 1 heterocycles. The van der Waals surface area contributed by atoms with E-state index in [-0.39, 0.29) is 11.7 Å². The molecule has 1 amide bonds. The van der Waals surface area contributed by atoms with E-state index in [1.165, 1.54) is 11.8 Å². The topological polar surface area (TPSA) is 69.0 Å². The van der Waals surface area contributed by atoms with Gasteiger partial charge in [-0.25, -0.2) is 0 Å². The normalized spacial score (nSPS) is 10.8. The van der Waals surface area contributed by atoms with Crippen molar-refractivity contribution in [1.29, 1.82) is 0 Å². The van der Waals surface area contributed by atoms with E-state index in [4.69, 9.17) is 39.5 Å². The zero-order valence-electron chi connectivity index (χ0n) is 17.3. The number of methoxy groups -OCH3 is 1. The molecule has 0 unspecified atom stereocenters. The fourth-order valence-corrected chi connectivity index (χ4v) is 4.47. The largest absolute Gasteiger partial charge is 0.497 e. The van der Waals surface area contributed by atoms with Crippen LogP contribution in [-0.4, -0.2) is 33.5 Å². The Bertz CT molecular complexity index is 1260. The number of hydrogen-bond donors (Lipinski definition) is 1. The molecule has 1 aromatic heterocycles. The van der Waals surface area contributed by atoms with Crippen LogP contribution in [0.25, 0.3) is 17.1 Å². The van der Waals surface area contributed by atoms with Gasteiger partial charge in [0.15, 0.2) is 11.0 Å². The SMILES string of the molecule is COc1ccc(-n2c(SCC(=O)Nc3cc(Cl)cc(Cl)c3)nnc2-c2ccc(Cl)cc2)cc1. The number of aromatic nitrogens is 3. The zero-order chi connectivity index (χ0) is 23.4. The highest BCUT2D eigenvalue weighted by atomic mass is 35.5. The van der Waals surface area contributed by atoms with Gasteiger partial charge in [0.25, 0.3) is 0 Å². The van der Waals surface area contributed by atoms with Crippen LogP contribution in [0, 0.1) is 0 Å². The number of amides is 1. The highest BCUT2D eigenvalue weighted by Crippen LogP contribution is 2.30. The lowest BCUT2D eigenvalue weighted by Gasteiger charge is -2.11. The van der Waals surface area contributed by atoms with Crippen LogP contribution in [0.1, 0.15) is 0 Å². The van der Waals surface area contributed by atoms with Crippen LogP contribution in [0.15, 0.2) is 71.9 Å².